The predicted octanol–water partition coefficient (Wildman–Crippen LogP) is 5.88. The highest BCUT2D eigenvalue weighted by Crippen LogP contribution is 2.41. The Hall–Kier alpha value is -2.55. The number of amides is 1. The minimum absolute atomic E-state index is 0.178. The minimum atomic E-state index is -3.94. The lowest BCUT2D eigenvalue weighted by atomic mass is 9.69. The third kappa shape index (κ3) is 6.92. The summed E-state index contributed by atoms with van der Waals surface area (Å²) in [6, 6.07) is 11.1. The van der Waals surface area contributed by atoms with Crippen molar-refractivity contribution in [3.63, 3.8) is 0 Å². The van der Waals surface area contributed by atoms with Crippen LogP contribution >= 0.6 is 11.6 Å². The van der Waals surface area contributed by atoms with E-state index in [9.17, 15) is 18.3 Å². The van der Waals surface area contributed by atoms with Gasteiger partial charge in [0.15, 0.2) is 0 Å². The van der Waals surface area contributed by atoms with Crippen molar-refractivity contribution < 1.29 is 23.1 Å². The van der Waals surface area contributed by atoms with Gasteiger partial charge in [0.05, 0.1) is 17.0 Å². The van der Waals surface area contributed by atoms with Gasteiger partial charge in [-0.15, -0.1) is 0 Å². The zero-order valence-corrected chi connectivity index (χ0v) is 25.5. The molecule has 0 radical (unpaired) electrons. The fourth-order valence-electron chi connectivity index (χ4n) is 6.35. The summed E-state index contributed by atoms with van der Waals surface area (Å²) >= 11 is 6.30. The molecule has 2 heterocycles. The maximum absolute atomic E-state index is 13.4. The van der Waals surface area contributed by atoms with Crippen molar-refractivity contribution in [3.05, 3.63) is 70.3 Å². The van der Waals surface area contributed by atoms with E-state index in [0.29, 0.717) is 29.7 Å². The molecule has 1 saturated carbocycles. The first kappa shape index (κ1) is 29.9. The zero-order chi connectivity index (χ0) is 29.1. The van der Waals surface area contributed by atoms with Crippen molar-refractivity contribution in [2.75, 3.05) is 18.0 Å². The van der Waals surface area contributed by atoms with E-state index < -0.39 is 27.3 Å². The van der Waals surface area contributed by atoms with Gasteiger partial charge in [0.25, 0.3) is 5.91 Å². The van der Waals surface area contributed by atoms with Crippen LogP contribution in [-0.2, 0) is 23.1 Å². The third-order valence-corrected chi connectivity index (χ3v) is 11.2. The van der Waals surface area contributed by atoms with Gasteiger partial charge >= 0.3 is 0 Å². The van der Waals surface area contributed by atoms with Crippen LogP contribution in [0.25, 0.3) is 0 Å². The minimum Gasteiger partial charge on any atom is -0.487 e. The van der Waals surface area contributed by atoms with Crippen LogP contribution in [0.2, 0.25) is 5.02 Å². The fourth-order valence-corrected chi connectivity index (χ4v) is 8.16. The summed E-state index contributed by atoms with van der Waals surface area (Å²) in [5.74, 6) is 0.312. The largest absolute Gasteiger partial charge is 0.487 e. The zero-order valence-electron chi connectivity index (χ0n) is 23.9. The summed E-state index contributed by atoms with van der Waals surface area (Å²) in [6.45, 7) is 5.54. The molecule has 0 spiro atoms. The molecule has 1 amide bonds. The summed E-state index contributed by atoms with van der Waals surface area (Å²) < 4.78 is 35.3. The third-order valence-electron chi connectivity index (χ3n) is 8.95. The second-order valence-electron chi connectivity index (χ2n) is 12.1. The van der Waals surface area contributed by atoms with E-state index in [-0.39, 0.29) is 23.8 Å². The number of nitrogens with one attached hydrogen (secondary N) is 1. The van der Waals surface area contributed by atoms with E-state index in [1.54, 1.807) is 18.2 Å². The number of fused-ring (bicyclic) bond motifs is 3. The molecular formula is C32H41ClN2O5S. The number of hydrogen-bond donors (Lipinski definition) is 2. The summed E-state index contributed by atoms with van der Waals surface area (Å²) in [5, 5.41) is 11.0. The van der Waals surface area contributed by atoms with Gasteiger partial charge < -0.3 is 14.7 Å². The lowest BCUT2D eigenvalue weighted by molar-refractivity contribution is 0.0180. The fraction of sp³-hybridized carbons (Fsp3) is 0.531. The molecule has 1 fully saturated rings. The highest BCUT2D eigenvalue weighted by Gasteiger charge is 2.37. The number of rotatable bonds is 1. The van der Waals surface area contributed by atoms with E-state index in [1.165, 1.54) is 5.56 Å². The standard InChI is InChI=1S/C32H41ClN2O5S/c1-21(2)31-9-4-3-8-29(36)27-14-11-24(27)19-35-16-6-5-7-22-17-26(33)13-10-25(22)20-40-30-15-12-23(18-28(30)35)32(37)34-41(31,38)39/h3-4,10,12-13,15,17-18,21,24,27,29,31,36H,5-9,11,14,16,19-20H2,1-2H3,(H,34,37)/b4-3-/t24-,27+,29-,31?/m0/s1. The number of carbonyl (C=O) groups excluding carboxylic acids is 1. The van der Waals surface area contributed by atoms with Crippen LogP contribution in [0.4, 0.5) is 5.69 Å². The number of aryl methyl sites for hydroxylation is 1. The van der Waals surface area contributed by atoms with Crippen molar-refractivity contribution in [2.24, 2.45) is 17.8 Å². The first-order valence-corrected chi connectivity index (χ1v) is 16.7. The average Bonchev–Trinajstić information content (AvgIpc) is 2.93. The smallest absolute Gasteiger partial charge is 0.264 e. The molecular weight excluding hydrogens is 560 g/mol. The molecule has 222 valence electrons. The van der Waals surface area contributed by atoms with Gasteiger partial charge in [0, 0.05) is 23.7 Å². The van der Waals surface area contributed by atoms with Crippen molar-refractivity contribution in [1.82, 2.24) is 4.72 Å². The number of hydrogen-bond acceptors (Lipinski definition) is 6. The number of benzene rings is 2. The van der Waals surface area contributed by atoms with Crippen LogP contribution in [0.5, 0.6) is 5.75 Å². The molecule has 2 aliphatic heterocycles. The van der Waals surface area contributed by atoms with E-state index >= 15 is 0 Å². The molecule has 2 aromatic carbocycles. The van der Waals surface area contributed by atoms with E-state index in [4.69, 9.17) is 16.3 Å². The normalized spacial score (nSPS) is 27.7. The molecule has 1 aliphatic carbocycles. The van der Waals surface area contributed by atoms with Crippen molar-refractivity contribution >= 4 is 33.2 Å². The van der Waals surface area contributed by atoms with Gasteiger partial charge in [0.1, 0.15) is 12.4 Å². The molecule has 0 saturated heterocycles. The van der Waals surface area contributed by atoms with Crippen LogP contribution in [0, 0.1) is 17.8 Å². The molecule has 7 nitrogen and oxygen atoms in total. The monoisotopic (exact) mass is 600 g/mol. The van der Waals surface area contributed by atoms with Crippen LogP contribution in [0.3, 0.4) is 0 Å². The van der Waals surface area contributed by atoms with Crippen LogP contribution in [0.1, 0.15) is 73.9 Å². The second-order valence-corrected chi connectivity index (χ2v) is 14.4. The number of nitrogens with zero attached hydrogens (tertiary/aromatic N) is 1. The van der Waals surface area contributed by atoms with Gasteiger partial charge in [0.2, 0.25) is 10.0 Å². The molecule has 9 heteroatoms. The maximum atomic E-state index is 13.4. The maximum Gasteiger partial charge on any atom is 0.264 e. The Morgan fingerprint density at radius 1 is 1.05 bits per heavy atom. The van der Waals surface area contributed by atoms with Gasteiger partial charge in [-0.3, -0.25) is 4.79 Å². The quantitative estimate of drug-likeness (QED) is 0.397. The van der Waals surface area contributed by atoms with Crippen LogP contribution in [0.15, 0.2) is 48.6 Å². The second kappa shape index (κ2) is 12.8. The molecule has 2 N–H and O–H groups in total. The number of ether oxygens (including phenoxy) is 1. The molecule has 1 unspecified atom stereocenters. The summed E-state index contributed by atoms with van der Waals surface area (Å²) in [7, 11) is -3.94. The molecule has 41 heavy (non-hydrogen) atoms. The van der Waals surface area contributed by atoms with Gasteiger partial charge in [-0.25, -0.2) is 13.1 Å². The Kier molecular flexibility index (Phi) is 9.31. The Balaban J connectivity index is 1.54. The summed E-state index contributed by atoms with van der Waals surface area (Å²) in [5.41, 5.74) is 3.30. The lowest BCUT2D eigenvalue weighted by Gasteiger charge is -2.43. The first-order chi connectivity index (χ1) is 19.6. The number of halogens is 1. The number of carbonyl (C=O) groups is 1. The topological polar surface area (TPSA) is 95.9 Å². The predicted molar refractivity (Wildman–Crippen MR) is 163 cm³/mol. The molecule has 5 rings (SSSR count). The first-order valence-electron chi connectivity index (χ1n) is 14.8. The SMILES string of the molecule is CC(C)C1C/C=C\C[C@H](O)[C@@H]2CC[C@H]2CN2CCCCc3cc(Cl)ccc3COc3ccc(cc32)C(=O)NS1(=O)=O. The van der Waals surface area contributed by atoms with Crippen LogP contribution in [-0.4, -0.2) is 43.9 Å². The number of aliphatic hydroxyl groups is 1. The highest BCUT2D eigenvalue weighted by molar-refractivity contribution is 7.90. The average molecular weight is 601 g/mol. The summed E-state index contributed by atoms with van der Waals surface area (Å²) in [6.07, 6.45) is 8.81. The lowest BCUT2D eigenvalue weighted by Crippen LogP contribution is -2.44. The van der Waals surface area contributed by atoms with Crippen molar-refractivity contribution in [1.29, 1.82) is 0 Å². The number of sulfonamides is 1. The van der Waals surface area contributed by atoms with E-state index in [2.05, 4.69) is 9.62 Å². The Bertz CT molecular complexity index is 1390. The van der Waals surface area contributed by atoms with E-state index in [1.807, 2.05) is 44.2 Å². The van der Waals surface area contributed by atoms with Crippen LogP contribution < -0.4 is 14.4 Å². The van der Waals surface area contributed by atoms with Crippen molar-refractivity contribution in [2.45, 2.75) is 76.8 Å². The van der Waals surface area contributed by atoms with E-state index in [0.717, 1.165) is 56.4 Å². The molecule has 2 aromatic rings. The van der Waals surface area contributed by atoms with Gasteiger partial charge in [-0.1, -0.05) is 43.7 Å². The molecule has 2 bridgehead atoms. The van der Waals surface area contributed by atoms with Crippen molar-refractivity contribution in [3.8, 4) is 5.75 Å². The molecule has 0 aromatic heterocycles. The Labute approximate surface area is 249 Å². The van der Waals surface area contributed by atoms with Gasteiger partial charge in [-0.2, -0.15) is 0 Å². The number of anilines is 1. The van der Waals surface area contributed by atoms with Gasteiger partial charge in [-0.05, 0) is 104 Å². The number of allylic oxidation sites excluding steroid dienone is 1. The summed E-state index contributed by atoms with van der Waals surface area (Å²) in [4.78, 5) is 15.6. The Morgan fingerprint density at radius 2 is 1.85 bits per heavy atom. The highest BCUT2D eigenvalue weighted by atomic mass is 35.5. The molecule has 4 atom stereocenters. The molecule has 3 aliphatic rings. The number of aliphatic hydroxyl groups excluding tert-OH is 1. The Morgan fingerprint density at radius 3 is 2.61 bits per heavy atom.